The highest BCUT2D eigenvalue weighted by Crippen LogP contribution is 1.77. The molecule has 0 saturated heterocycles. The van der Waals surface area contributed by atoms with E-state index in [0.717, 1.165) is 12.8 Å². The van der Waals surface area contributed by atoms with Crippen molar-refractivity contribution >= 4 is 10.4 Å². The zero-order valence-electron chi connectivity index (χ0n) is 5.61. The second-order valence-corrected chi connectivity index (χ2v) is 2.30. The van der Waals surface area contributed by atoms with Crippen LogP contribution in [0.25, 0.3) is 0 Å². The third kappa shape index (κ3) is 150. The molecule has 0 saturated carbocycles. The molecule has 2 N–H and O–H groups in total. The first-order chi connectivity index (χ1) is 4.41. The molecule has 0 spiro atoms. The first-order valence-corrected chi connectivity index (χ1v) is 3.94. The summed E-state index contributed by atoms with van der Waals surface area (Å²) in [5.74, 6) is 2.52. The van der Waals surface area contributed by atoms with Crippen LogP contribution in [0.15, 0.2) is 0 Å². The molecule has 0 fully saturated rings. The monoisotopic (exact) mass is 166 g/mol. The van der Waals surface area contributed by atoms with Crippen LogP contribution in [0, 0.1) is 12.3 Å². The Labute approximate surface area is 60.8 Å². The zero-order valence-corrected chi connectivity index (χ0v) is 6.43. The van der Waals surface area contributed by atoms with Crippen LogP contribution < -0.4 is 0 Å². The Morgan fingerprint density at radius 2 is 1.80 bits per heavy atom. The first-order valence-electron chi connectivity index (χ1n) is 2.55. The second-order valence-electron chi connectivity index (χ2n) is 1.40. The van der Waals surface area contributed by atoms with Crippen LogP contribution in [0.3, 0.4) is 0 Å². The van der Waals surface area contributed by atoms with Gasteiger partial charge in [-0.2, -0.15) is 8.42 Å². The normalized spacial score (nSPS) is 9.00. The average molecular weight is 166 g/mol. The molecule has 0 amide bonds. The molecule has 0 unspecified atom stereocenters. The highest BCUT2D eigenvalue weighted by atomic mass is 32.3. The van der Waals surface area contributed by atoms with Crippen LogP contribution in [-0.4, -0.2) is 17.5 Å². The zero-order chi connectivity index (χ0) is 8.62. The average Bonchev–Trinajstić information content (AvgIpc) is 1.63. The van der Waals surface area contributed by atoms with E-state index >= 15 is 0 Å². The van der Waals surface area contributed by atoms with Gasteiger partial charge in [-0.1, -0.05) is 6.92 Å². The van der Waals surface area contributed by atoms with Gasteiger partial charge in [0.1, 0.15) is 0 Å². The number of hydrogen-bond donors (Lipinski definition) is 2. The summed E-state index contributed by atoms with van der Waals surface area (Å²) >= 11 is 0. The molecule has 0 aromatic heterocycles. The number of rotatable bonds is 1. The van der Waals surface area contributed by atoms with Crippen molar-refractivity contribution < 1.29 is 17.5 Å². The second kappa shape index (κ2) is 6.55. The fourth-order valence-electron chi connectivity index (χ4n) is 0.144. The van der Waals surface area contributed by atoms with Gasteiger partial charge < -0.3 is 0 Å². The third-order valence-electron chi connectivity index (χ3n) is 0.394. The van der Waals surface area contributed by atoms with Gasteiger partial charge in [0, 0.05) is 6.42 Å². The summed E-state index contributed by atoms with van der Waals surface area (Å²) in [5, 5.41) is 0. The van der Waals surface area contributed by atoms with Gasteiger partial charge in [-0.15, -0.1) is 12.3 Å². The summed E-state index contributed by atoms with van der Waals surface area (Å²) in [6.07, 6.45) is 6.91. The Morgan fingerprint density at radius 3 is 1.80 bits per heavy atom. The largest absolute Gasteiger partial charge is 0.394 e. The van der Waals surface area contributed by atoms with Gasteiger partial charge in [0.2, 0.25) is 0 Å². The van der Waals surface area contributed by atoms with E-state index in [2.05, 4.69) is 12.8 Å². The third-order valence-corrected chi connectivity index (χ3v) is 0.394. The first kappa shape index (κ1) is 12.1. The molecule has 0 heterocycles. The molecule has 0 bridgehead atoms. The van der Waals surface area contributed by atoms with E-state index in [4.69, 9.17) is 23.9 Å². The van der Waals surface area contributed by atoms with E-state index in [1.807, 2.05) is 0 Å². The van der Waals surface area contributed by atoms with E-state index in [1.54, 1.807) is 0 Å². The predicted octanol–water partition coefficient (Wildman–Crippen LogP) is 0.767. The van der Waals surface area contributed by atoms with Gasteiger partial charge in [-0.05, 0) is 6.42 Å². The molecule has 0 aromatic carbocycles. The Balaban J connectivity index is 0. The molecular weight excluding hydrogens is 156 g/mol. The van der Waals surface area contributed by atoms with Gasteiger partial charge in [-0.25, -0.2) is 0 Å². The molecule has 10 heavy (non-hydrogen) atoms. The molecule has 60 valence electrons. The van der Waals surface area contributed by atoms with Crippen molar-refractivity contribution in [2.45, 2.75) is 19.8 Å². The topological polar surface area (TPSA) is 74.6 Å². The molecule has 0 radical (unpaired) electrons. The van der Waals surface area contributed by atoms with Crippen molar-refractivity contribution in [3.8, 4) is 12.3 Å². The quantitative estimate of drug-likeness (QED) is 0.445. The predicted molar refractivity (Wildman–Crippen MR) is 37.9 cm³/mol. The van der Waals surface area contributed by atoms with Crippen LogP contribution in [0.4, 0.5) is 0 Å². The van der Waals surface area contributed by atoms with E-state index in [-0.39, 0.29) is 0 Å². The molecule has 0 aliphatic carbocycles. The minimum Gasteiger partial charge on any atom is -0.264 e. The number of unbranched alkanes of at least 4 members (excludes halogenated alkanes) is 1. The summed E-state index contributed by atoms with van der Waals surface area (Å²) in [7, 11) is -4.67. The van der Waals surface area contributed by atoms with Crippen LogP contribution in [0.5, 0.6) is 0 Å². The summed E-state index contributed by atoms with van der Waals surface area (Å²) in [6.45, 7) is 2.07. The van der Waals surface area contributed by atoms with Crippen molar-refractivity contribution in [1.29, 1.82) is 0 Å². The molecule has 4 nitrogen and oxygen atoms in total. The van der Waals surface area contributed by atoms with Crippen LogP contribution >= 0.6 is 0 Å². The lowest BCUT2D eigenvalue weighted by molar-refractivity contribution is 0.381. The van der Waals surface area contributed by atoms with Crippen molar-refractivity contribution in [3.05, 3.63) is 0 Å². The fourth-order valence-corrected chi connectivity index (χ4v) is 0.144. The molecule has 0 aliphatic heterocycles. The number of hydrogen-bond acceptors (Lipinski definition) is 2. The smallest absolute Gasteiger partial charge is 0.264 e. The molecule has 0 rings (SSSR count). The Hall–Kier alpha value is -0.570. The van der Waals surface area contributed by atoms with E-state index < -0.39 is 10.4 Å². The van der Waals surface area contributed by atoms with Crippen LogP contribution in [-0.2, 0) is 10.4 Å². The Bertz CT molecular complexity index is 178. The van der Waals surface area contributed by atoms with Gasteiger partial charge >= 0.3 is 10.4 Å². The van der Waals surface area contributed by atoms with Gasteiger partial charge in [0.15, 0.2) is 0 Å². The standard InChI is InChI=1S/C5H8.H2O4S/c1-3-5-4-2;1-5(2,3)4/h1H,4-5H2,2H3;(H2,1,2,3,4). The van der Waals surface area contributed by atoms with Crippen molar-refractivity contribution in [1.82, 2.24) is 0 Å². The Morgan fingerprint density at radius 1 is 1.50 bits per heavy atom. The maximum absolute atomic E-state index is 8.74. The molecule has 0 aromatic rings. The lowest BCUT2D eigenvalue weighted by Crippen LogP contribution is -1.89. The SMILES string of the molecule is C#CCCC.O=S(=O)(O)O. The highest BCUT2D eigenvalue weighted by molar-refractivity contribution is 7.79. The number of terminal acetylenes is 1. The molecular formula is C5H10O4S. The minimum absolute atomic E-state index is 0.917. The highest BCUT2D eigenvalue weighted by Gasteiger charge is 1.84. The van der Waals surface area contributed by atoms with E-state index in [1.165, 1.54) is 0 Å². The van der Waals surface area contributed by atoms with Crippen LogP contribution in [0.1, 0.15) is 19.8 Å². The summed E-state index contributed by atoms with van der Waals surface area (Å²) in [5.41, 5.74) is 0. The fraction of sp³-hybridized carbons (Fsp3) is 0.600. The summed E-state index contributed by atoms with van der Waals surface area (Å²) in [6, 6.07) is 0. The molecule has 5 heteroatoms. The lowest BCUT2D eigenvalue weighted by Gasteiger charge is -1.69. The van der Waals surface area contributed by atoms with Crippen molar-refractivity contribution in [2.24, 2.45) is 0 Å². The van der Waals surface area contributed by atoms with E-state index in [9.17, 15) is 0 Å². The van der Waals surface area contributed by atoms with Gasteiger partial charge in [-0.3, -0.25) is 9.11 Å². The van der Waals surface area contributed by atoms with Crippen molar-refractivity contribution in [2.75, 3.05) is 0 Å². The molecule has 0 atom stereocenters. The van der Waals surface area contributed by atoms with E-state index in [0.29, 0.717) is 0 Å². The van der Waals surface area contributed by atoms with Crippen LogP contribution in [0.2, 0.25) is 0 Å². The van der Waals surface area contributed by atoms with Gasteiger partial charge in [0.25, 0.3) is 0 Å². The van der Waals surface area contributed by atoms with Gasteiger partial charge in [0.05, 0.1) is 0 Å². The van der Waals surface area contributed by atoms with Crippen molar-refractivity contribution in [3.63, 3.8) is 0 Å². The maximum atomic E-state index is 8.74. The maximum Gasteiger partial charge on any atom is 0.394 e. The molecule has 0 aliphatic rings. The minimum atomic E-state index is -4.67. The lowest BCUT2D eigenvalue weighted by atomic mass is 10.4. The summed E-state index contributed by atoms with van der Waals surface area (Å²) < 4.78 is 31.6. The summed E-state index contributed by atoms with van der Waals surface area (Å²) in [4.78, 5) is 0. The Kier molecular flexibility index (Phi) is 7.95.